The number of ether oxygens (including phenoxy) is 1. The summed E-state index contributed by atoms with van der Waals surface area (Å²) in [6.07, 6.45) is 5.26. The molecule has 1 N–H and O–H groups in total. The van der Waals surface area contributed by atoms with Gasteiger partial charge in [0.25, 0.3) is 5.91 Å². The molecule has 1 unspecified atom stereocenters. The summed E-state index contributed by atoms with van der Waals surface area (Å²) >= 11 is 0. The van der Waals surface area contributed by atoms with Crippen LogP contribution >= 0.6 is 0 Å². The van der Waals surface area contributed by atoms with Crippen LogP contribution in [0.25, 0.3) is 11.3 Å². The van der Waals surface area contributed by atoms with Crippen molar-refractivity contribution < 1.29 is 17.9 Å². The van der Waals surface area contributed by atoms with Crippen molar-refractivity contribution in [3.05, 3.63) is 23.5 Å². The lowest BCUT2D eigenvalue weighted by Gasteiger charge is -2.26. The van der Waals surface area contributed by atoms with Crippen molar-refractivity contribution in [2.45, 2.75) is 56.2 Å². The zero-order valence-electron chi connectivity index (χ0n) is 21.8. The Kier molecular flexibility index (Phi) is 8.31. The van der Waals surface area contributed by atoms with Gasteiger partial charge in [0.15, 0.2) is 15.5 Å². The second-order valence-electron chi connectivity index (χ2n) is 9.78. The summed E-state index contributed by atoms with van der Waals surface area (Å²) in [6, 6.07) is 1.87. The van der Waals surface area contributed by atoms with Crippen LogP contribution in [-0.2, 0) is 20.3 Å². The van der Waals surface area contributed by atoms with E-state index in [0.29, 0.717) is 49.8 Å². The fourth-order valence-electron chi connectivity index (χ4n) is 4.83. The molecule has 198 valence electrons. The fourth-order valence-corrected chi connectivity index (χ4v) is 6.34. The van der Waals surface area contributed by atoms with Crippen molar-refractivity contribution >= 4 is 21.6 Å². The summed E-state index contributed by atoms with van der Waals surface area (Å²) in [5.74, 6) is 0.129. The van der Waals surface area contributed by atoms with E-state index in [1.807, 2.05) is 18.8 Å². The molecule has 10 nitrogen and oxygen atoms in total. The van der Waals surface area contributed by atoms with Gasteiger partial charge in [0.2, 0.25) is 0 Å². The average molecular weight is 519 g/mol. The molecule has 2 aliphatic rings. The van der Waals surface area contributed by atoms with Gasteiger partial charge in [-0.15, -0.1) is 0 Å². The fraction of sp³-hybridized carbons (Fsp3) is 0.640. The molecule has 4 heterocycles. The highest BCUT2D eigenvalue weighted by Gasteiger charge is 2.38. The number of nitrogens with zero attached hydrogens (tertiary/aromatic N) is 5. The summed E-state index contributed by atoms with van der Waals surface area (Å²) in [5, 5.41) is 8.14. The number of fused-ring (bicyclic) bond motifs is 3. The number of nitrogens with one attached hydrogen (secondary N) is 1. The number of sulfone groups is 1. The smallest absolute Gasteiger partial charge is 0.274 e. The van der Waals surface area contributed by atoms with E-state index in [0.717, 1.165) is 37.9 Å². The molecule has 0 radical (unpaired) electrons. The molecule has 2 aliphatic heterocycles. The zero-order valence-corrected chi connectivity index (χ0v) is 22.6. The van der Waals surface area contributed by atoms with Gasteiger partial charge in [-0.1, -0.05) is 26.7 Å². The minimum absolute atomic E-state index is 0.0666. The van der Waals surface area contributed by atoms with E-state index in [2.05, 4.69) is 29.0 Å². The van der Waals surface area contributed by atoms with Gasteiger partial charge in [-0.05, 0) is 33.0 Å². The minimum atomic E-state index is -3.68. The number of rotatable bonds is 10. The number of hydrogen-bond donors (Lipinski definition) is 1. The van der Waals surface area contributed by atoms with Crippen molar-refractivity contribution in [2.24, 2.45) is 0 Å². The Bertz CT molecular complexity index is 1190. The number of anilines is 1. The highest BCUT2D eigenvalue weighted by Crippen LogP contribution is 2.42. The second-order valence-corrected chi connectivity index (χ2v) is 11.7. The van der Waals surface area contributed by atoms with Crippen molar-refractivity contribution in [1.29, 1.82) is 0 Å². The maximum atomic E-state index is 13.6. The molecule has 1 atom stereocenters. The maximum Gasteiger partial charge on any atom is 0.274 e. The van der Waals surface area contributed by atoms with Crippen molar-refractivity contribution in [3.8, 4) is 11.3 Å². The molecule has 36 heavy (non-hydrogen) atoms. The maximum absolute atomic E-state index is 13.6. The van der Waals surface area contributed by atoms with Crippen molar-refractivity contribution in [3.63, 3.8) is 0 Å². The number of aromatic nitrogens is 3. The van der Waals surface area contributed by atoms with E-state index in [-0.39, 0.29) is 28.3 Å². The Balaban J connectivity index is 1.84. The predicted octanol–water partition coefficient (Wildman–Crippen LogP) is 2.82. The van der Waals surface area contributed by atoms with Crippen LogP contribution in [0.2, 0.25) is 0 Å². The van der Waals surface area contributed by atoms with Crippen molar-refractivity contribution in [1.82, 2.24) is 24.6 Å². The van der Waals surface area contributed by atoms with Gasteiger partial charge in [-0.25, -0.2) is 13.4 Å². The molecule has 0 spiro atoms. The van der Waals surface area contributed by atoms with Crippen LogP contribution in [0.3, 0.4) is 0 Å². The molecular formula is C25H38N6O4S. The first-order valence-corrected chi connectivity index (χ1v) is 14.5. The minimum Gasteiger partial charge on any atom is -0.378 e. The van der Waals surface area contributed by atoms with Crippen LogP contribution in [0.1, 0.15) is 61.6 Å². The van der Waals surface area contributed by atoms with Gasteiger partial charge in [0.05, 0.1) is 35.6 Å². The lowest BCUT2D eigenvalue weighted by atomic mass is 10.0. The topological polar surface area (TPSA) is 110 Å². The number of carbonyl (C=O) groups excluding carboxylic acids is 1. The lowest BCUT2D eigenvalue weighted by Crippen LogP contribution is -2.41. The van der Waals surface area contributed by atoms with Gasteiger partial charge in [0.1, 0.15) is 5.82 Å². The van der Waals surface area contributed by atoms with E-state index < -0.39 is 9.84 Å². The Morgan fingerprint density at radius 3 is 2.67 bits per heavy atom. The summed E-state index contributed by atoms with van der Waals surface area (Å²) in [7, 11) is 0.311. The number of morpholine rings is 1. The number of unbranched alkanes of at least 4 members (excludes halogenated alkanes) is 1. The molecular weight excluding hydrogens is 480 g/mol. The third kappa shape index (κ3) is 5.42. The molecule has 4 rings (SSSR count). The average Bonchev–Trinajstić information content (AvgIpc) is 3.22. The molecule has 1 fully saturated rings. The number of hydrogen-bond acceptors (Lipinski definition) is 8. The highest BCUT2D eigenvalue weighted by molar-refractivity contribution is 7.90. The summed E-state index contributed by atoms with van der Waals surface area (Å²) < 4.78 is 34.1. The van der Waals surface area contributed by atoms with Gasteiger partial charge >= 0.3 is 0 Å². The third-order valence-corrected chi connectivity index (χ3v) is 8.54. The molecule has 2 aromatic rings. The van der Waals surface area contributed by atoms with Crippen molar-refractivity contribution in [2.75, 3.05) is 58.8 Å². The number of likely N-dealkylation sites (N-methyl/N-ethyl adjacent to an activating group) is 1. The van der Waals surface area contributed by atoms with E-state index in [9.17, 15) is 13.2 Å². The van der Waals surface area contributed by atoms with E-state index in [1.54, 1.807) is 11.0 Å². The van der Waals surface area contributed by atoms with Crippen LogP contribution in [0, 0.1) is 0 Å². The molecule has 0 aromatic carbocycles. The molecule has 0 aliphatic carbocycles. The predicted molar refractivity (Wildman–Crippen MR) is 139 cm³/mol. The Hall–Kier alpha value is -2.50. The van der Waals surface area contributed by atoms with Crippen LogP contribution in [0.5, 0.6) is 0 Å². The van der Waals surface area contributed by atoms with Crippen LogP contribution in [-0.4, -0.2) is 92.4 Å². The molecule has 0 saturated carbocycles. The van der Waals surface area contributed by atoms with Gasteiger partial charge < -0.3 is 19.9 Å². The normalized spacial score (nSPS) is 17.5. The molecule has 11 heteroatoms. The Morgan fingerprint density at radius 2 is 2.00 bits per heavy atom. The van der Waals surface area contributed by atoms with Crippen LogP contribution in [0.4, 0.5) is 5.82 Å². The highest BCUT2D eigenvalue weighted by atomic mass is 32.2. The standard InChI is InChI=1S/C25H38N6O4S/c1-5-7-8-18(6-2)31-24-19-15-22(26-9-10-29(3)4)27-16-21(19)36(33,34)17-20(24)23(28-31)25(32)30-11-13-35-14-12-30/h15-16,18H,5-14,17H2,1-4H3,(H,26,27). The quantitative estimate of drug-likeness (QED) is 0.511. The SMILES string of the molecule is CCCCC(CC)n1nc(C(=O)N2CCOCC2)c2c1-c1cc(NCCN(C)C)ncc1S(=O)(=O)C2. The largest absolute Gasteiger partial charge is 0.378 e. The van der Waals surface area contributed by atoms with Gasteiger partial charge in [-0.2, -0.15) is 5.10 Å². The van der Waals surface area contributed by atoms with Crippen LogP contribution in [0.15, 0.2) is 17.2 Å². The molecule has 2 aromatic heterocycles. The van der Waals surface area contributed by atoms with Gasteiger partial charge in [-0.3, -0.25) is 9.48 Å². The Morgan fingerprint density at radius 1 is 1.25 bits per heavy atom. The van der Waals surface area contributed by atoms with Gasteiger partial charge in [0, 0.05) is 43.5 Å². The number of carbonyl (C=O) groups is 1. The first kappa shape index (κ1) is 26.6. The molecule has 1 saturated heterocycles. The van der Waals surface area contributed by atoms with E-state index in [1.165, 1.54) is 6.20 Å². The second kappa shape index (κ2) is 11.3. The first-order valence-electron chi connectivity index (χ1n) is 12.9. The van der Waals surface area contributed by atoms with E-state index in [4.69, 9.17) is 9.84 Å². The summed E-state index contributed by atoms with van der Waals surface area (Å²) in [6.45, 7) is 7.63. The molecule has 1 amide bonds. The molecule has 0 bridgehead atoms. The first-order chi connectivity index (χ1) is 17.3. The monoisotopic (exact) mass is 518 g/mol. The lowest BCUT2D eigenvalue weighted by molar-refractivity contribution is 0.0297. The van der Waals surface area contributed by atoms with E-state index >= 15 is 0 Å². The third-order valence-electron chi connectivity index (χ3n) is 6.87. The number of pyridine rings is 1. The van der Waals surface area contributed by atoms with Crippen LogP contribution < -0.4 is 5.32 Å². The zero-order chi connectivity index (χ0) is 25.9. The summed E-state index contributed by atoms with van der Waals surface area (Å²) in [4.78, 5) is 21.9. The summed E-state index contributed by atoms with van der Waals surface area (Å²) in [5.41, 5.74) is 2.05. The number of amides is 1. The Labute approximate surface area is 213 Å².